The van der Waals surface area contributed by atoms with Gasteiger partial charge in [0.25, 0.3) is 5.69 Å². The summed E-state index contributed by atoms with van der Waals surface area (Å²) >= 11 is 0. The van der Waals surface area contributed by atoms with Crippen LogP contribution in [0.4, 0.5) is 10.1 Å². The highest BCUT2D eigenvalue weighted by atomic mass is 32.2. The highest BCUT2D eigenvalue weighted by Gasteiger charge is 2.23. The Bertz CT molecular complexity index is 1380. The van der Waals surface area contributed by atoms with Crippen LogP contribution in [0.2, 0.25) is 0 Å². The van der Waals surface area contributed by atoms with Crippen molar-refractivity contribution in [2.75, 3.05) is 0 Å². The molecule has 9 nitrogen and oxygen atoms in total. The third-order valence-corrected chi connectivity index (χ3v) is 5.88. The van der Waals surface area contributed by atoms with Crippen LogP contribution in [0.1, 0.15) is 27.0 Å². The largest absolute Gasteiger partial charge is 0.457 e. The maximum absolute atomic E-state index is 13.9. The first-order chi connectivity index (χ1) is 15.6. The van der Waals surface area contributed by atoms with E-state index in [1.165, 1.54) is 55.5 Å². The van der Waals surface area contributed by atoms with Crippen molar-refractivity contribution in [2.24, 2.45) is 0 Å². The summed E-state index contributed by atoms with van der Waals surface area (Å²) in [6.45, 7) is 1.10. The molecule has 0 unspecified atom stereocenters. The average molecular weight is 470 g/mol. The topological polar surface area (TPSA) is 137 Å². The van der Waals surface area contributed by atoms with Crippen LogP contribution in [0, 0.1) is 34.2 Å². The second-order valence-corrected chi connectivity index (χ2v) is 8.28. The molecule has 0 aliphatic carbocycles. The van der Waals surface area contributed by atoms with Gasteiger partial charge in [-0.3, -0.25) is 10.1 Å². The van der Waals surface area contributed by atoms with Crippen LogP contribution in [-0.4, -0.2) is 19.3 Å². The molecule has 0 spiro atoms. The van der Waals surface area contributed by atoms with Gasteiger partial charge in [0.1, 0.15) is 23.1 Å². The van der Waals surface area contributed by atoms with E-state index in [0.717, 1.165) is 12.1 Å². The summed E-state index contributed by atoms with van der Waals surface area (Å²) in [5.41, 5.74) is 0.130. The lowest BCUT2D eigenvalue weighted by molar-refractivity contribution is -0.385. The molecule has 0 N–H and O–H groups in total. The number of nitro groups is 1. The quantitative estimate of drug-likeness (QED) is 0.218. The fraction of sp³-hybridized carbons (Fsp3) is 0.0909. The summed E-state index contributed by atoms with van der Waals surface area (Å²) in [5, 5.41) is 19.7. The number of nitro benzene ring substituents is 1. The Morgan fingerprint density at radius 1 is 1.12 bits per heavy atom. The van der Waals surface area contributed by atoms with Gasteiger partial charge in [-0.25, -0.2) is 9.18 Å². The monoisotopic (exact) mass is 470 g/mol. The summed E-state index contributed by atoms with van der Waals surface area (Å²) in [7, 11) is -4.38. The SMILES string of the molecule is Cc1ccc([N+](=O)[O-])cc1S(=O)(=O)Oc1ccc(C(=O)OCc2ccc(C#N)cc2F)cc1. The van der Waals surface area contributed by atoms with Gasteiger partial charge in [-0.2, -0.15) is 13.7 Å². The number of aryl methyl sites for hydroxylation is 1. The highest BCUT2D eigenvalue weighted by Crippen LogP contribution is 2.25. The molecule has 33 heavy (non-hydrogen) atoms. The third kappa shape index (κ3) is 5.50. The average Bonchev–Trinajstić information content (AvgIpc) is 2.78. The molecule has 3 aromatic rings. The van der Waals surface area contributed by atoms with E-state index in [4.69, 9.17) is 14.2 Å². The molecular formula is C22H15FN2O7S. The van der Waals surface area contributed by atoms with Gasteiger partial charge in [0, 0.05) is 17.7 Å². The molecule has 0 saturated carbocycles. The number of carbonyl (C=O) groups excluding carboxylic acids is 1. The Labute approximate surface area is 187 Å². The Kier molecular flexibility index (Phi) is 6.69. The minimum absolute atomic E-state index is 0.0559. The number of halogens is 1. The fourth-order valence-corrected chi connectivity index (χ4v) is 3.93. The Morgan fingerprint density at radius 3 is 2.42 bits per heavy atom. The van der Waals surface area contributed by atoms with Crippen LogP contribution < -0.4 is 4.18 Å². The lowest BCUT2D eigenvalue weighted by atomic mass is 10.1. The van der Waals surface area contributed by atoms with Crippen molar-refractivity contribution in [3.05, 3.63) is 98.8 Å². The van der Waals surface area contributed by atoms with Gasteiger partial charge >= 0.3 is 16.1 Å². The smallest absolute Gasteiger partial charge is 0.339 e. The number of carbonyl (C=O) groups is 1. The molecule has 168 valence electrons. The van der Waals surface area contributed by atoms with E-state index in [1.807, 2.05) is 0 Å². The Balaban J connectivity index is 1.70. The van der Waals surface area contributed by atoms with E-state index in [1.54, 1.807) is 6.07 Å². The van der Waals surface area contributed by atoms with Gasteiger partial charge < -0.3 is 8.92 Å². The maximum Gasteiger partial charge on any atom is 0.339 e. The minimum atomic E-state index is -4.38. The lowest BCUT2D eigenvalue weighted by Gasteiger charge is -2.10. The zero-order chi connectivity index (χ0) is 24.2. The van der Waals surface area contributed by atoms with Gasteiger partial charge in [-0.15, -0.1) is 0 Å². The van der Waals surface area contributed by atoms with Crippen molar-refractivity contribution < 1.29 is 31.4 Å². The molecule has 0 saturated heterocycles. The summed E-state index contributed by atoms with van der Waals surface area (Å²) in [6, 6.07) is 13.8. The number of non-ortho nitro benzene ring substituents is 1. The molecular weight excluding hydrogens is 455 g/mol. The first kappa shape index (κ1) is 23.4. The van der Waals surface area contributed by atoms with Crippen LogP contribution in [0.15, 0.2) is 65.6 Å². The highest BCUT2D eigenvalue weighted by molar-refractivity contribution is 7.87. The molecule has 0 amide bonds. The second-order valence-electron chi connectivity index (χ2n) is 6.76. The van der Waals surface area contributed by atoms with E-state index in [-0.39, 0.29) is 39.5 Å². The molecule has 0 aliphatic heterocycles. The number of ether oxygens (including phenoxy) is 1. The number of nitrogens with zero attached hydrogens (tertiary/aromatic N) is 2. The van der Waals surface area contributed by atoms with Crippen LogP contribution in [0.5, 0.6) is 5.75 Å². The van der Waals surface area contributed by atoms with E-state index < -0.39 is 32.5 Å². The zero-order valence-corrected chi connectivity index (χ0v) is 17.8. The predicted molar refractivity (Wildman–Crippen MR) is 112 cm³/mol. The van der Waals surface area contributed by atoms with E-state index in [0.29, 0.717) is 0 Å². The van der Waals surface area contributed by atoms with Gasteiger partial charge in [0.05, 0.1) is 22.1 Å². The van der Waals surface area contributed by atoms with Crippen LogP contribution >= 0.6 is 0 Å². The van der Waals surface area contributed by atoms with Crippen LogP contribution in [0.25, 0.3) is 0 Å². The van der Waals surface area contributed by atoms with Crippen LogP contribution in [-0.2, 0) is 21.5 Å². The van der Waals surface area contributed by atoms with Gasteiger partial charge in [0.2, 0.25) is 0 Å². The standard InChI is InChI=1S/C22H15FN2O7S/c1-14-2-7-18(25(27)28)11-21(14)33(29,30)32-19-8-5-16(6-9-19)22(26)31-13-17-4-3-15(12-24)10-20(17)23/h2-11H,13H2,1H3. The number of hydrogen-bond donors (Lipinski definition) is 0. The minimum Gasteiger partial charge on any atom is -0.457 e. The van der Waals surface area contributed by atoms with Crippen molar-refractivity contribution in [3.8, 4) is 11.8 Å². The van der Waals surface area contributed by atoms with E-state index in [2.05, 4.69) is 0 Å². The Morgan fingerprint density at radius 2 is 1.82 bits per heavy atom. The normalized spacial score (nSPS) is 10.8. The molecule has 3 rings (SSSR count). The number of benzene rings is 3. The lowest BCUT2D eigenvalue weighted by Crippen LogP contribution is -2.12. The zero-order valence-electron chi connectivity index (χ0n) is 17.0. The Hall–Kier alpha value is -4.30. The van der Waals surface area contributed by atoms with Crippen molar-refractivity contribution in [1.82, 2.24) is 0 Å². The molecule has 0 aliphatic rings. The third-order valence-electron chi connectivity index (χ3n) is 4.49. The number of rotatable bonds is 7. The molecule has 0 radical (unpaired) electrons. The van der Waals surface area contributed by atoms with Crippen molar-refractivity contribution in [1.29, 1.82) is 5.26 Å². The molecule has 0 fully saturated rings. The number of hydrogen-bond acceptors (Lipinski definition) is 8. The van der Waals surface area contributed by atoms with E-state index in [9.17, 15) is 27.7 Å². The van der Waals surface area contributed by atoms with Crippen molar-refractivity contribution >= 4 is 21.8 Å². The number of esters is 1. The molecule has 0 heterocycles. The van der Waals surface area contributed by atoms with Gasteiger partial charge in [0.15, 0.2) is 0 Å². The van der Waals surface area contributed by atoms with Crippen molar-refractivity contribution in [3.63, 3.8) is 0 Å². The second kappa shape index (κ2) is 9.46. The summed E-state index contributed by atoms with van der Waals surface area (Å²) < 4.78 is 49.1. The van der Waals surface area contributed by atoms with Crippen LogP contribution in [0.3, 0.4) is 0 Å². The van der Waals surface area contributed by atoms with Gasteiger partial charge in [-0.1, -0.05) is 12.1 Å². The first-order valence-corrected chi connectivity index (χ1v) is 10.7. The predicted octanol–water partition coefficient (Wildman–Crippen LogP) is 4.04. The molecule has 3 aromatic carbocycles. The summed E-state index contributed by atoms with van der Waals surface area (Å²) in [6.07, 6.45) is 0. The van der Waals surface area contributed by atoms with E-state index >= 15 is 0 Å². The van der Waals surface area contributed by atoms with Gasteiger partial charge in [-0.05, 0) is 48.9 Å². The first-order valence-electron chi connectivity index (χ1n) is 9.26. The molecule has 0 atom stereocenters. The summed E-state index contributed by atoms with van der Waals surface area (Å²) in [4.78, 5) is 22.1. The molecule has 0 aromatic heterocycles. The molecule has 0 bridgehead atoms. The fourth-order valence-electron chi connectivity index (χ4n) is 2.75. The number of nitriles is 1. The maximum atomic E-state index is 13.9. The molecule has 11 heteroatoms. The van der Waals surface area contributed by atoms with Crippen molar-refractivity contribution in [2.45, 2.75) is 18.4 Å². The summed E-state index contributed by atoms with van der Waals surface area (Å²) in [5.74, 6) is -1.61.